The zero-order valence-electron chi connectivity index (χ0n) is 12.5. The maximum atomic E-state index is 12.8. The van der Waals surface area contributed by atoms with Gasteiger partial charge in [0, 0.05) is 12.6 Å². The molecule has 0 aliphatic rings. The molecular formula is C17H18FNO3. The number of amides is 1. The van der Waals surface area contributed by atoms with Crippen LogP contribution in [0.5, 0.6) is 11.5 Å². The summed E-state index contributed by atoms with van der Waals surface area (Å²) in [6.07, 6.45) is -0.646. The van der Waals surface area contributed by atoms with Gasteiger partial charge < -0.3 is 14.8 Å². The molecule has 0 heterocycles. The van der Waals surface area contributed by atoms with E-state index in [1.165, 1.54) is 12.1 Å². The van der Waals surface area contributed by atoms with E-state index >= 15 is 0 Å². The number of ether oxygens (including phenoxy) is 2. The van der Waals surface area contributed by atoms with Crippen LogP contribution in [0.4, 0.5) is 4.39 Å². The SMILES string of the molecule is COc1cccc(O[C@@H](C)C(=O)NCc2ccc(F)cc2)c1. The number of halogens is 1. The molecular weight excluding hydrogens is 285 g/mol. The van der Waals surface area contributed by atoms with Gasteiger partial charge in [-0.2, -0.15) is 0 Å². The lowest BCUT2D eigenvalue weighted by Gasteiger charge is -2.15. The predicted molar refractivity (Wildman–Crippen MR) is 81.3 cm³/mol. The van der Waals surface area contributed by atoms with Crippen LogP contribution in [0.25, 0.3) is 0 Å². The van der Waals surface area contributed by atoms with Crippen LogP contribution in [-0.2, 0) is 11.3 Å². The van der Waals surface area contributed by atoms with Crippen molar-refractivity contribution < 1.29 is 18.7 Å². The molecule has 4 nitrogen and oxygen atoms in total. The van der Waals surface area contributed by atoms with Gasteiger partial charge in [0.1, 0.15) is 17.3 Å². The molecule has 0 radical (unpaired) electrons. The highest BCUT2D eigenvalue weighted by Gasteiger charge is 2.14. The van der Waals surface area contributed by atoms with Gasteiger partial charge in [0.05, 0.1) is 7.11 Å². The van der Waals surface area contributed by atoms with Crippen molar-refractivity contribution >= 4 is 5.91 Å². The molecule has 2 aromatic carbocycles. The molecule has 0 aliphatic heterocycles. The Bertz CT molecular complexity index is 628. The number of carbonyl (C=O) groups is 1. The van der Waals surface area contributed by atoms with Gasteiger partial charge >= 0.3 is 0 Å². The number of hydrogen-bond acceptors (Lipinski definition) is 3. The summed E-state index contributed by atoms with van der Waals surface area (Å²) < 4.78 is 23.5. The van der Waals surface area contributed by atoms with E-state index in [0.717, 1.165) is 5.56 Å². The molecule has 0 unspecified atom stereocenters. The highest BCUT2D eigenvalue weighted by atomic mass is 19.1. The van der Waals surface area contributed by atoms with E-state index in [0.29, 0.717) is 18.0 Å². The average molecular weight is 303 g/mol. The van der Waals surface area contributed by atoms with Crippen molar-refractivity contribution in [2.24, 2.45) is 0 Å². The molecule has 2 aromatic rings. The molecule has 1 amide bonds. The fraction of sp³-hybridized carbons (Fsp3) is 0.235. The fourth-order valence-corrected chi connectivity index (χ4v) is 1.87. The second-order valence-electron chi connectivity index (χ2n) is 4.78. The van der Waals surface area contributed by atoms with Gasteiger partial charge in [0.2, 0.25) is 0 Å². The Labute approximate surface area is 128 Å². The molecule has 1 atom stereocenters. The molecule has 0 fully saturated rings. The van der Waals surface area contributed by atoms with Crippen LogP contribution < -0.4 is 14.8 Å². The van der Waals surface area contributed by atoms with E-state index in [2.05, 4.69) is 5.32 Å². The van der Waals surface area contributed by atoms with Gasteiger partial charge in [-0.1, -0.05) is 18.2 Å². The third-order valence-corrected chi connectivity index (χ3v) is 3.10. The molecule has 0 aliphatic carbocycles. The molecule has 5 heteroatoms. The van der Waals surface area contributed by atoms with Crippen LogP contribution in [-0.4, -0.2) is 19.1 Å². The van der Waals surface area contributed by atoms with Crippen LogP contribution in [0.3, 0.4) is 0 Å². The predicted octanol–water partition coefficient (Wildman–Crippen LogP) is 2.92. The quantitative estimate of drug-likeness (QED) is 0.892. The van der Waals surface area contributed by atoms with Crippen molar-refractivity contribution in [3.8, 4) is 11.5 Å². The van der Waals surface area contributed by atoms with Gasteiger partial charge in [-0.15, -0.1) is 0 Å². The zero-order valence-corrected chi connectivity index (χ0v) is 12.5. The second kappa shape index (κ2) is 7.45. The summed E-state index contributed by atoms with van der Waals surface area (Å²) in [6, 6.07) is 13.0. The van der Waals surface area contributed by atoms with E-state index in [1.807, 2.05) is 0 Å². The van der Waals surface area contributed by atoms with Crippen LogP contribution in [0.15, 0.2) is 48.5 Å². The minimum absolute atomic E-state index is 0.243. The summed E-state index contributed by atoms with van der Waals surface area (Å²) in [4.78, 5) is 12.0. The number of nitrogens with one attached hydrogen (secondary N) is 1. The molecule has 0 saturated heterocycles. The second-order valence-corrected chi connectivity index (χ2v) is 4.78. The first-order valence-electron chi connectivity index (χ1n) is 6.91. The Kier molecular flexibility index (Phi) is 5.36. The Morgan fingerprint density at radius 2 is 1.86 bits per heavy atom. The van der Waals surface area contributed by atoms with Crippen molar-refractivity contribution in [3.05, 3.63) is 59.9 Å². The number of carbonyl (C=O) groups excluding carboxylic acids is 1. The molecule has 0 saturated carbocycles. The molecule has 2 rings (SSSR count). The van der Waals surface area contributed by atoms with Crippen molar-refractivity contribution in [2.45, 2.75) is 19.6 Å². The smallest absolute Gasteiger partial charge is 0.261 e. The van der Waals surface area contributed by atoms with Crippen molar-refractivity contribution in [1.82, 2.24) is 5.32 Å². The van der Waals surface area contributed by atoms with E-state index < -0.39 is 6.10 Å². The van der Waals surface area contributed by atoms with E-state index in [-0.39, 0.29) is 11.7 Å². The lowest BCUT2D eigenvalue weighted by atomic mass is 10.2. The summed E-state index contributed by atoms with van der Waals surface area (Å²) in [5.74, 6) is 0.678. The largest absolute Gasteiger partial charge is 0.497 e. The monoisotopic (exact) mass is 303 g/mol. The fourth-order valence-electron chi connectivity index (χ4n) is 1.87. The molecule has 1 N–H and O–H groups in total. The van der Waals surface area contributed by atoms with Gasteiger partial charge in [-0.05, 0) is 36.8 Å². The van der Waals surface area contributed by atoms with Gasteiger partial charge in [0.25, 0.3) is 5.91 Å². The Balaban J connectivity index is 1.87. The van der Waals surface area contributed by atoms with Gasteiger partial charge in [0.15, 0.2) is 6.10 Å². The third-order valence-electron chi connectivity index (χ3n) is 3.10. The Morgan fingerprint density at radius 1 is 1.18 bits per heavy atom. The average Bonchev–Trinajstić information content (AvgIpc) is 2.54. The molecule has 116 valence electrons. The summed E-state index contributed by atoms with van der Waals surface area (Å²) >= 11 is 0. The standard InChI is InChI=1S/C17H18FNO3/c1-12(22-16-5-3-4-15(10-16)21-2)17(20)19-11-13-6-8-14(18)9-7-13/h3-10,12H,11H2,1-2H3,(H,19,20)/t12-/m0/s1. The summed E-state index contributed by atoms with van der Waals surface area (Å²) in [5.41, 5.74) is 0.823. The highest BCUT2D eigenvalue weighted by Crippen LogP contribution is 2.19. The topological polar surface area (TPSA) is 47.6 Å². The minimum Gasteiger partial charge on any atom is -0.497 e. The zero-order chi connectivity index (χ0) is 15.9. The van der Waals surface area contributed by atoms with E-state index in [9.17, 15) is 9.18 Å². The summed E-state index contributed by atoms with van der Waals surface area (Å²) in [6.45, 7) is 1.99. The Morgan fingerprint density at radius 3 is 2.55 bits per heavy atom. The first kappa shape index (κ1) is 15.8. The third kappa shape index (κ3) is 4.48. The number of benzene rings is 2. The van der Waals surface area contributed by atoms with Crippen molar-refractivity contribution in [3.63, 3.8) is 0 Å². The number of rotatable bonds is 6. The van der Waals surface area contributed by atoms with Crippen LogP contribution >= 0.6 is 0 Å². The number of hydrogen-bond donors (Lipinski definition) is 1. The van der Waals surface area contributed by atoms with E-state index in [1.54, 1.807) is 50.4 Å². The Hall–Kier alpha value is -2.56. The lowest BCUT2D eigenvalue weighted by molar-refractivity contribution is -0.127. The number of methoxy groups -OCH3 is 1. The highest BCUT2D eigenvalue weighted by molar-refractivity contribution is 5.80. The molecule has 0 spiro atoms. The normalized spacial score (nSPS) is 11.6. The van der Waals surface area contributed by atoms with E-state index in [4.69, 9.17) is 9.47 Å². The van der Waals surface area contributed by atoms with Crippen molar-refractivity contribution in [1.29, 1.82) is 0 Å². The lowest BCUT2D eigenvalue weighted by Crippen LogP contribution is -2.35. The maximum absolute atomic E-state index is 12.8. The first-order valence-corrected chi connectivity index (χ1v) is 6.91. The van der Waals surface area contributed by atoms with Crippen LogP contribution in [0.1, 0.15) is 12.5 Å². The molecule has 22 heavy (non-hydrogen) atoms. The van der Waals surface area contributed by atoms with Gasteiger partial charge in [-0.3, -0.25) is 4.79 Å². The summed E-state index contributed by atoms with van der Waals surface area (Å²) in [5, 5.41) is 2.75. The van der Waals surface area contributed by atoms with Crippen LogP contribution in [0.2, 0.25) is 0 Å². The molecule has 0 aromatic heterocycles. The van der Waals surface area contributed by atoms with Gasteiger partial charge in [-0.25, -0.2) is 4.39 Å². The maximum Gasteiger partial charge on any atom is 0.261 e. The van der Waals surface area contributed by atoms with Crippen LogP contribution in [0, 0.1) is 5.82 Å². The summed E-state index contributed by atoms with van der Waals surface area (Å²) in [7, 11) is 1.57. The molecule has 0 bridgehead atoms. The van der Waals surface area contributed by atoms with Crippen molar-refractivity contribution in [2.75, 3.05) is 7.11 Å². The minimum atomic E-state index is -0.646. The first-order chi connectivity index (χ1) is 10.6.